The summed E-state index contributed by atoms with van der Waals surface area (Å²) in [4.78, 5) is 10.6. The quantitative estimate of drug-likeness (QED) is 0.670. The van der Waals surface area contributed by atoms with Gasteiger partial charge in [0.2, 0.25) is 0 Å². The summed E-state index contributed by atoms with van der Waals surface area (Å²) >= 11 is 0. The van der Waals surface area contributed by atoms with E-state index in [9.17, 15) is 15.2 Å². The Kier molecular flexibility index (Phi) is 4.90. The van der Waals surface area contributed by atoms with Crippen molar-refractivity contribution in [2.24, 2.45) is 5.92 Å². The van der Waals surface area contributed by atoms with Crippen LogP contribution < -0.4 is 0 Å². The Morgan fingerprint density at radius 1 is 1.40 bits per heavy atom. The van der Waals surface area contributed by atoms with E-state index in [-0.39, 0.29) is 17.2 Å². The highest BCUT2D eigenvalue weighted by atomic mass is 16.6. The predicted octanol–water partition coefficient (Wildman–Crippen LogP) is 3.86. The molecule has 0 heterocycles. The molecule has 20 heavy (non-hydrogen) atoms. The molecule has 4 heteroatoms. The Morgan fingerprint density at radius 2 is 2.10 bits per heavy atom. The highest BCUT2D eigenvalue weighted by molar-refractivity contribution is 5.58. The molecule has 4 nitrogen and oxygen atoms in total. The summed E-state index contributed by atoms with van der Waals surface area (Å²) < 4.78 is 0. The number of nitrogens with zero attached hydrogens (tertiary/aromatic N) is 1. The number of aliphatic hydroxyl groups is 1. The molecule has 0 radical (unpaired) electrons. The van der Waals surface area contributed by atoms with E-state index >= 15 is 0 Å². The first-order chi connectivity index (χ1) is 9.61. The van der Waals surface area contributed by atoms with Crippen LogP contribution in [0.4, 0.5) is 5.69 Å². The van der Waals surface area contributed by atoms with Gasteiger partial charge in [0, 0.05) is 11.6 Å². The summed E-state index contributed by atoms with van der Waals surface area (Å²) in [7, 11) is 0. The predicted molar refractivity (Wildman–Crippen MR) is 79.5 cm³/mol. The third kappa shape index (κ3) is 3.45. The Morgan fingerprint density at radius 3 is 2.70 bits per heavy atom. The van der Waals surface area contributed by atoms with E-state index in [4.69, 9.17) is 0 Å². The number of rotatable bonds is 4. The topological polar surface area (TPSA) is 63.4 Å². The number of aryl methyl sites for hydroxylation is 1. The molecular weight excluding hydrogens is 254 g/mol. The van der Waals surface area contributed by atoms with Crippen LogP contribution in [-0.4, -0.2) is 16.6 Å². The van der Waals surface area contributed by atoms with Gasteiger partial charge < -0.3 is 5.11 Å². The highest BCUT2D eigenvalue weighted by Crippen LogP contribution is 2.31. The third-order valence-electron chi connectivity index (χ3n) is 4.09. The van der Waals surface area contributed by atoms with E-state index in [1.54, 1.807) is 19.1 Å². The first-order valence-corrected chi connectivity index (χ1v) is 7.18. The van der Waals surface area contributed by atoms with E-state index in [0.29, 0.717) is 11.5 Å². The molecule has 0 spiro atoms. The SMILES string of the molecule is Cc1ccc(/C=C(/CO)C2CCCCC2)cc1[N+](=O)[O-]. The van der Waals surface area contributed by atoms with Crippen molar-refractivity contribution in [3.8, 4) is 0 Å². The lowest BCUT2D eigenvalue weighted by Gasteiger charge is -2.23. The van der Waals surface area contributed by atoms with Crippen LogP contribution in [0, 0.1) is 23.0 Å². The maximum atomic E-state index is 11.0. The molecule has 0 bridgehead atoms. The van der Waals surface area contributed by atoms with Gasteiger partial charge in [-0.05, 0) is 36.8 Å². The van der Waals surface area contributed by atoms with Crippen LogP contribution in [0.25, 0.3) is 6.08 Å². The van der Waals surface area contributed by atoms with Crippen LogP contribution in [0.3, 0.4) is 0 Å². The van der Waals surface area contributed by atoms with Crippen molar-refractivity contribution >= 4 is 11.8 Å². The summed E-state index contributed by atoms with van der Waals surface area (Å²) in [5.74, 6) is 0.425. The van der Waals surface area contributed by atoms with Crippen molar-refractivity contribution in [3.63, 3.8) is 0 Å². The molecule has 1 aliphatic carbocycles. The van der Waals surface area contributed by atoms with Crippen molar-refractivity contribution in [3.05, 3.63) is 45.0 Å². The Balaban J connectivity index is 2.27. The zero-order valence-corrected chi connectivity index (χ0v) is 11.8. The molecule has 0 aromatic heterocycles. The smallest absolute Gasteiger partial charge is 0.272 e. The monoisotopic (exact) mass is 275 g/mol. The lowest BCUT2D eigenvalue weighted by atomic mass is 9.83. The van der Waals surface area contributed by atoms with Crippen molar-refractivity contribution in [2.75, 3.05) is 6.61 Å². The summed E-state index contributed by atoms with van der Waals surface area (Å²) in [6.45, 7) is 1.77. The van der Waals surface area contributed by atoms with Gasteiger partial charge in [-0.1, -0.05) is 37.5 Å². The van der Waals surface area contributed by atoms with Gasteiger partial charge in [0.25, 0.3) is 5.69 Å². The number of nitro benzene ring substituents is 1. The van der Waals surface area contributed by atoms with Crippen LogP contribution >= 0.6 is 0 Å². The Labute approximate surface area is 119 Å². The molecule has 1 aromatic rings. The minimum absolute atomic E-state index is 0.0341. The molecule has 1 aromatic carbocycles. The van der Waals surface area contributed by atoms with E-state index in [2.05, 4.69) is 0 Å². The van der Waals surface area contributed by atoms with Crippen LogP contribution in [0.5, 0.6) is 0 Å². The van der Waals surface area contributed by atoms with Gasteiger partial charge in [0.1, 0.15) is 0 Å². The lowest BCUT2D eigenvalue weighted by molar-refractivity contribution is -0.385. The zero-order chi connectivity index (χ0) is 14.5. The molecule has 108 valence electrons. The molecule has 0 aliphatic heterocycles. The first kappa shape index (κ1) is 14.7. The third-order valence-corrected chi connectivity index (χ3v) is 4.09. The van der Waals surface area contributed by atoms with Crippen molar-refractivity contribution in [2.45, 2.75) is 39.0 Å². The summed E-state index contributed by atoms with van der Waals surface area (Å²) in [6.07, 6.45) is 7.82. The molecule has 0 saturated heterocycles. The van der Waals surface area contributed by atoms with E-state index in [1.807, 2.05) is 12.1 Å². The molecule has 2 rings (SSSR count). The van der Waals surface area contributed by atoms with Gasteiger partial charge in [-0.15, -0.1) is 0 Å². The molecule has 1 fully saturated rings. The van der Waals surface area contributed by atoms with Crippen LogP contribution in [0.1, 0.15) is 43.2 Å². The Bertz CT molecular complexity index is 516. The van der Waals surface area contributed by atoms with E-state index in [0.717, 1.165) is 24.0 Å². The fourth-order valence-electron chi connectivity index (χ4n) is 2.89. The van der Waals surface area contributed by atoms with Gasteiger partial charge in [-0.25, -0.2) is 0 Å². The molecule has 1 aliphatic rings. The van der Waals surface area contributed by atoms with Crippen molar-refractivity contribution in [1.82, 2.24) is 0 Å². The van der Waals surface area contributed by atoms with Crippen molar-refractivity contribution in [1.29, 1.82) is 0 Å². The second-order valence-corrected chi connectivity index (χ2v) is 5.52. The largest absolute Gasteiger partial charge is 0.392 e. The normalized spacial score (nSPS) is 17.2. The second-order valence-electron chi connectivity index (χ2n) is 5.52. The molecule has 1 saturated carbocycles. The summed E-state index contributed by atoms with van der Waals surface area (Å²) in [5, 5.41) is 20.5. The fraction of sp³-hybridized carbons (Fsp3) is 0.500. The van der Waals surface area contributed by atoms with Gasteiger partial charge >= 0.3 is 0 Å². The minimum Gasteiger partial charge on any atom is -0.392 e. The number of hydrogen-bond donors (Lipinski definition) is 1. The van der Waals surface area contributed by atoms with Crippen LogP contribution in [0.2, 0.25) is 0 Å². The number of nitro groups is 1. The van der Waals surface area contributed by atoms with E-state index in [1.165, 1.54) is 19.3 Å². The van der Waals surface area contributed by atoms with Crippen molar-refractivity contribution < 1.29 is 10.0 Å². The standard InChI is InChI=1S/C16H21NO3/c1-12-7-8-13(10-16(12)17(19)20)9-15(11-18)14-5-3-2-4-6-14/h7-10,14,18H,2-6,11H2,1H3/b15-9-. The maximum Gasteiger partial charge on any atom is 0.272 e. The summed E-state index contributed by atoms with van der Waals surface area (Å²) in [6, 6.07) is 5.23. The van der Waals surface area contributed by atoms with Gasteiger partial charge in [-0.3, -0.25) is 10.1 Å². The van der Waals surface area contributed by atoms with Gasteiger partial charge in [0.05, 0.1) is 11.5 Å². The minimum atomic E-state index is -0.355. The zero-order valence-electron chi connectivity index (χ0n) is 11.8. The number of benzene rings is 1. The Hall–Kier alpha value is -1.68. The average molecular weight is 275 g/mol. The highest BCUT2D eigenvalue weighted by Gasteiger charge is 2.18. The van der Waals surface area contributed by atoms with Crippen LogP contribution in [0.15, 0.2) is 23.8 Å². The molecular formula is C16H21NO3. The van der Waals surface area contributed by atoms with Gasteiger partial charge in [0.15, 0.2) is 0 Å². The average Bonchev–Trinajstić information content (AvgIpc) is 2.47. The van der Waals surface area contributed by atoms with Crippen LogP contribution in [-0.2, 0) is 0 Å². The number of hydrogen-bond acceptors (Lipinski definition) is 3. The first-order valence-electron chi connectivity index (χ1n) is 7.18. The fourth-order valence-corrected chi connectivity index (χ4v) is 2.89. The molecule has 1 N–H and O–H groups in total. The molecule has 0 unspecified atom stereocenters. The van der Waals surface area contributed by atoms with E-state index < -0.39 is 0 Å². The summed E-state index contributed by atoms with van der Waals surface area (Å²) in [5.41, 5.74) is 2.61. The second kappa shape index (κ2) is 6.66. The molecule has 0 atom stereocenters. The number of aliphatic hydroxyl groups excluding tert-OH is 1. The maximum absolute atomic E-state index is 11.0. The van der Waals surface area contributed by atoms with Gasteiger partial charge in [-0.2, -0.15) is 0 Å². The lowest BCUT2D eigenvalue weighted by Crippen LogP contribution is -2.11. The molecule has 0 amide bonds.